The predicted molar refractivity (Wildman–Crippen MR) is 425 cm³/mol. The van der Waals surface area contributed by atoms with Gasteiger partial charge in [-0.25, -0.2) is 0 Å². The summed E-state index contributed by atoms with van der Waals surface area (Å²) >= 11 is 0. The number of rotatable bonds is 61. The van der Waals surface area contributed by atoms with E-state index in [1.165, 1.54) is 6.92 Å². The molecule has 0 bridgehead atoms. The molecule has 20 atom stereocenters. The maximum Gasteiger partial charge on any atom is 0.303 e. The number of nitrogens with one attached hydrogen (secondary N) is 13. The van der Waals surface area contributed by atoms with Gasteiger partial charge in [0.05, 0.1) is 0 Å². The molecule has 0 heterocycles. The fourth-order valence-corrected chi connectivity index (χ4v) is 12.1. The van der Waals surface area contributed by atoms with Crippen LogP contribution >= 0.6 is 0 Å². The van der Waals surface area contributed by atoms with Gasteiger partial charge < -0.3 is 107 Å². The van der Waals surface area contributed by atoms with Gasteiger partial charge in [0.2, 0.25) is 82.7 Å². The predicted octanol–water partition coefficient (Wildman–Crippen LogP) is 0.0981. The maximum atomic E-state index is 14.8. The summed E-state index contributed by atoms with van der Waals surface area (Å²) < 4.78 is 0. The molecule has 114 heavy (non-hydrogen) atoms. The molecule has 0 spiro atoms. The number of aliphatic carboxylic acids is 3. The number of carbonyl (C=O) groups excluding carboxylic acids is 14. The van der Waals surface area contributed by atoms with E-state index in [1.807, 2.05) is 0 Å². The lowest BCUT2D eigenvalue weighted by molar-refractivity contribution is -0.139. The lowest BCUT2D eigenvalue weighted by Gasteiger charge is -2.32. The highest BCUT2D eigenvalue weighted by Gasteiger charge is 2.41. The van der Waals surface area contributed by atoms with Crippen LogP contribution in [-0.4, -0.2) is 214 Å². The van der Waals surface area contributed by atoms with Crippen molar-refractivity contribution in [2.45, 2.75) is 324 Å². The van der Waals surface area contributed by atoms with Crippen LogP contribution in [0.4, 0.5) is 0 Å². The molecule has 0 fully saturated rings. The smallest absolute Gasteiger partial charge is 0.303 e. The highest BCUT2D eigenvalue weighted by atomic mass is 16.4. The van der Waals surface area contributed by atoms with Crippen molar-refractivity contribution in [3.05, 3.63) is 0 Å². The van der Waals surface area contributed by atoms with Crippen LogP contribution in [0.15, 0.2) is 0 Å². The van der Waals surface area contributed by atoms with Crippen molar-refractivity contribution >= 4 is 101 Å². The molecular weight excluding hydrogens is 1480 g/mol. The highest BCUT2D eigenvalue weighted by molar-refractivity contribution is 6.00. The lowest BCUT2D eigenvalue weighted by Crippen LogP contribution is -2.62. The van der Waals surface area contributed by atoms with Crippen LogP contribution in [0.25, 0.3) is 0 Å². The summed E-state index contributed by atoms with van der Waals surface area (Å²) in [5, 5.41) is 63.6. The first-order chi connectivity index (χ1) is 53.6. The number of carboxylic acid groups (broad SMARTS) is 3. The molecule has 0 aliphatic carbocycles. The van der Waals surface area contributed by atoms with Gasteiger partial charge in [0.25, 0.3) is 0 Å². The Morgan fingerprint density at radius 1 is 0.246 bits per heavy atom. The fraction of sp³-hybridized carbons (Fsp3) is 0.779. The first-order valence-corrected chi connectivity index (χ1v) is 40.6. The Balaban J connectivity index is 7.45. The van der Waals surface area contributed by atoms with Crippen LogP contribution in [0, 0.1) is 41.4 Å². The molecule has 0 radical (unpaired) electrons. The summed E-state index contributed by atoms with van der Waals surface area (Å²) in [5.41, 5.74) is 23.1. The monoisotopic (exact) mass is 1620 g/mol. The summed E-state index contributed by atoms with van der Waals surface area (Å²) in [6, 6.07) is -18.3. The van der Waals surface area contributed by atoms with Crippen LogP contribution in [0.5, 0.6) is 0 Å². The largest absolute Gasteiger partial charge is 0.481 e. The molecule has 0 rings (SSSR count). The first kappa shape index (κ1) is 105. The molecule has 652 valence electrons. The van der Waals surface area contributed by atoms with E-state index in [0.717, 1.165) is 0 Å². The van der Waals surface area contributed by atoms with Crippen molar-refractivity contribution in [2.24, 2.45) is 64.4 Å². The third-order valence-electron chi connectivity index (χ3n) is 21.2. The Morgan fingerprint density at radius 3 is 0.570 bits per heavy atom. The molecule has 0 saturated carbocycles. The zero-order chi connectivity index (χ0) is 87.2. The summed E-state index contributed by atoms with van der Waals surface area (Å²) in [4.78, 5) is 234. The normalized spacial score (nSPS) is 16.5. The molecule has 0 aromatic rings. The van der Waals surface area contributed by atoms with Crippen molar-refractivity contribution in [1.82, 2.24) is 69.1 Å². The van der Waals surface area contributed by atoms with Gasteiger partial charge in [0.15, 0.2) is 0 Å². The molecular formula is C77H139N17O20. The quantitative estimate of drug-likeness (QED) is 0.0359. The summed E-state index contributed by atoms with van der Waals surface area (Å²) in [6.45, 7) is 25.5. The van der Waals surface area contributed by atoms with Gasteiger partial charge in [-0.2, -0.15) is 0 Å². The third-order valence-corrected chi connectivity index (χ3v) is 21.2. The summed E-state index contributed by atoms with van der Waals surface area (Å²) in [6.07, 6.45) is 0.814. The van der Waals surface area contributed by atoms with Crippen LogP contribution < -0.4 is 92.1 Å². The average molecular weight is 1620 g/mol. The van der Waals surface area contributed by atoms with E-state index in [2.05, 4.69) is 69.1 Å². The molecule has 0 aliphatic heterocycles. The Labute approximate surface area is 671 Å². The molecule has 14 amide bonds. The second kappa shape index (κ2) is 56.2. The average Bonchev–Trinajstić information content (AvgIpc) is 0.847. The maximum absolute atomic E-state index is 14.8. The van der Waals surface area contributed by atoms with Crippen molar-refractivity contribution in [1.29, 1.82) is 0 Å². The summed E-state index contributed by atoms with van der Waals surface area (Å²) in [5.74, 6) is -20.3. The van der Waals surface area contributed by atoms with E-state index in [1.54, 1.807) is 96.9 Å². The Bertz CT molecular complexity index is 3130. The minimum Gasteiger partial charge on any atom is -0.481 e. The molecule has 0 saturated heterocycles. The number of primary amides is 1. The van der Waals surface area contributed by atoms with E-state index in [4.69, 9.17) is 22.9 Å². The van der Waals surface area contributed by atoms with E-state index in [0.29, 0.717) is 44.9 Å². The molecule has 24 N–H and O–H groups in total. The van der Waals surface area contributed by atoms with Crippen LogP contribution in [0.2, 0.25) is 0 Å². The van der Waals surface area contributed by atoms with E-state index in [-0.39, 0.29) is 83.3 Å². The topological polar surface area (TPSA) is 611 Å². The van der Waals surface area contributed by atoms with Crippen molar-refractivity contribution in [3.63, 3.8) is 0 Å². The zero-order valence-corrected chi connectivity index (χ0v) is 69.8. The molecule has 37 heteroatoms. The van der Waals surface area contributed by atoms with Gasteiger partial charge in [-0.1, -0.05) is 142 Å². The Kier molecular flexibility index (Phi) is 51.7. The van der Waals surface area contributed by atoms with Crippen LogP contribution in [0.1, 0.15) is 245 Å². The second-order valence-electron chi connectivity index (χ2n) is 30.2. The zero-order valence-electron chi connectivity index (χ0n) is 69.8. The number of nitrogens with two attached hydrogens (primary N) is 4. The number of hydrogen-bond acceptors (Lipinski definition) is 20. The molecule has 0 aliphatic rings. The minimum atomic E-state index is -1.70. The van der Waals surface area contributed by atoms with Gasteiger partial charge in [0, 0.05) is 26.2 Å². The lowest BCUT2D eigenvalue weighted by atomic mass is 9.95. The van der Waals surface area contributed by atoms with Crippen LogP contribution in [-0.2, 0) is 81.5 Å². The van der Waals surface area contributed by atoms with Gasteiger partial charge in [-0.15, -0.1) is 0 Å². The molecule has 37 nitrogen and oxygen atoms in total. The van der Waals surface area contributed by atoms with Gasteiger partial charge in [-0.3, -0.25) is 81.5 Å². The molecule has 0 unspecified atom stereocenters. The SMILES string of the molecule is CC[C@H](C)[C@H](NC(=O)[C@H](CCCCN)NC(=O)[C@@H](NC(=O)[C@H](CCC(=O)O)NC(=O)[C@@H](NC(=O)[C@H](CCCCN)NC(=O)[C@@H](NC(=O)[C@H](CCC(=O)O)NC(=O)[C@@H](NC(=O)[C@H](CCCCN)NC(=O)[C@@H](NC(=O)[C@H](CCC(=O)O)NC(=O)[C@@H](NC(C)=O)[C@@H](C)CC)[C@@H](C)CC)[C@@H](C)CC)[C@@H](C)CC)[C@@H](C)CC)[C@@H](C)CC)C(N)=O. The van der Waals surface area contributed by atoms with Gasteiger partial charge in [0.1, 0.15) is 78.5 Å². The van der Waals surface area contributed by atoms with Crippen molar-refractivity contribution in [3.8, 4) is 0 Å². The fourth-order valence-electron chi connectivity index (χ4n) is 12.1. The standard InChI is InChI=1S/C77H139N17O20/c1-16-41(8)58(65(81)102)89-66(103)49(29-23-26-38-78)83-73(110)60(43(10)18-3)93-70(107)53(33-36-56(98)99)87-76(113)63(46(13)21-6)91-68(105)51(31-25-28-40-80)85-75(112)62(45(12)20-5)94-71(108)54(34-37-57(100)101)88-77(114)64(47(14)22-7)90-67(104)50(30-24-27-39-79)84-74(111)61(44(11)19-4)92-69(106)52(32-35-55(96)97)86-72(109)59(42(9)17-2)82-48(15)95/h41-47,49-54,58-64H,16-40,78-80H2,1-15H3,(H2,81,102)(H,82,95)(H,83,110)(H,84,111)(H,85,112)(H,86,109)(H,87,113)(H,88,114)(H,89,103)(H,90,104)(H,91,105)(H,92,106)(H,93,107)(H,94,108)(H,96,97)(H,98,99)(H,100,101)/t41-,42-,43-,44-,45-,46-,47-,49-,50-,51-,52-,53-,54-,58-,59-,60-,61-,62-,63-,64-/m0/s1. The van der Waals surface area contributed by atoms with Crippen molar-refractivity contribution < 1.29 is 96.8 Å². The number of unbranched alkanes of at least 4 members (excludes halogenated alkanes) is 3. The number of hydrogen-bond donors (Lipinski definition) is 20. The molecule has 0 aromatic heterocycles. The summed E-state index contributed by atoms with van der Waals surface area (Å²) in [7, 11) is 0. The number of carbonyl (C=O) groups is 17. The number of carboxylic acids is 3. The molecule has 0 aromatic carbocycles. The number of amides is 14. The van der Waals surface area contributed by atoms with E-state index < -0.39 is 253 Å². The Morgan fingerprint density at radius 2 is 0.412 bits per heavy atom. The highest BCUT2D eigenvalue weighted by Crippen LogP contribution is 2.20. The van der Waals surface area contributed by atoms with Gasteiger partial charge in [-0.05, 0) is 138 Å². The van der Waals surface area contributed by atoms with E-state index in [9.17, 15) is 96.8 Å². The van der Waals surface area contributed by atoms with Gasteiger partial charge >= 0.3 is 17.9 Å². The first-order valence-electron chi connectivity index (χ1n) is 40.6. The third kappa shape index (κ3) is 38.3. The second-order valence-corrected chi connectivity index (χ2v) is 30.2. The minimum absolute atomic E-state index is 0.0545. The Hall–Kier alpha value is -9.13. The van der Waals surface area contributed by atoms with Crippen LogP contribution in [0.3, 0.4) is 0 Å². The van der Waals surface area contributed by atoms with E-state index >= 15 is 0 Å². The van der Waals surface area contributed by atoms with Crippen molar-refractivity contribution in [2.75, 3.05) is 19.6 Å².